The minimum atomic E-state index is 0.338. The lowest BCUT2D eigenvalue weighted by molar-refractivity contribution is 0.619. The van der Waals surface area contributed by atoms with E-state index in [9.17, 15) is 0 Å². The monoisotopic (exact) mass is 266 g/mol. The van der Waals surface area contributed by atoms with Gasteiger partial charge in [-0.2, -0.15) is 0 Å². The number of nitrogen functional groups attached to an aromatic ring is 1. The molecule has 4 heteroatoms. The van der Waals surface area contributed by atoms with Crippen molar-refractivity contribution in [3.63, 3.8) is 0 Å². The summed E-state index contributed by atoms with van der Waals surface area (Å²) in [6, 6.07) is 8.55. The van der Waals surface area contributed by atoms with E-state index in [2.05, 4.69) is 34.7 Å². The van der Waals surface area contributed by atoms with Gasteiger partial charge in [0.15, 0.2) is 0 Å². The molecule has 0 spiro atoms. The molecule has 3 N–H and O–H groups in total. The molecular formula is C16H18N4. The van der Waals surface area contributed by atoms with E-state index >= 15 is 0 Å². The normalized spacial score (nSPS) is 19.8. The number of hydrogen-bond donors (Lipinski definition) is 2. The fourth-order valence-electron chi connectivity index (χ4n) is 3.38. The highest BCUT2D eigenvalue weighted by Crippen LogP contribution is 2.39. The van der Waals surface area contributed by atoms with E-state index < -0.39 is 0 Å². The summed E-state index contributed by atoms with van der Waals surface area (Å²) in [4.78, 5) is 9.51. The van der Waals surface area contributed by atoms with Crippen LogP contribution in [0.4, 0.5) is 5.82 Å². The Bertz CT molecular complexity index is 648. The van der Waals surface area contributed by atoms with Crippen LogP contribution in [0.3, 0.4) is 0 Å². The summed E-state index contributed by atoms with van der Waals surface area (Å²) in [6.07, 6.45) is 5.55. The average molecular weight is 266 g/mol. The number of fused-ring (bicyclic) bond motifs is 2. The number of nitrogens with one attached hydrogen (secondary N) is 1. The first-order chi connectivity index (χ1) is 9.86. The van der Waals surface area contributed by atoms with E-state index in [1.54, 1.807) is 0 Å². The number of hydrazine groups is 1. The standard InChI is InChI=1S/C16H18N4/c17-20-16-12-7-3-4-8-14(12)18-15(19-16)13-9-10-5-1-2-6-11(10)13/h1-2,5-6,13H,3-4,7-9,17H2,(H,18,19,20). The molecule has 1 atom stereocenters. The molecule has 4 rings (SSSR count). The van der Waals surface area contributed by atoms with Gasteiger partial charge < -0.3 is 5.43 Å². The number of nitrogens with zero attached hydrogens (tertiary/aromatic N) is 2. The zero-order chi connectivity index (χ0) is 13.5. The van der Waals surface area contributed by atoms with Crippen LogP contribution in [0.25, 0.3) is 0 Å². The summed E-state index contributed by atoms with van der Waals surface area (Å²) >= 11 is 0. The van der Waals surface area contributed by atoms with Crippen molar-refractivity contribution >= 4 is 5.82 Å². The molecule has 0 saturated heterocycles. The van der Waals surface area contributed by atoms with Gasteiger partial charge in [-0.05, 0) is 43.2 Å². The molecule has 1 heterocycles. The third-order valence-corrected chi connectivity index (χ3v) is 4.50. The quantitative estimate of drug-likeness (QED) is 0.647. The van der Waals surface area contributed by atoms with Gasteiger partial charge in [0.25, 0.3) is 0 Å². The Labute approximate surface area is 118 Å². The molecule has 2 aromatic rings. The third-order valence-electron chi connectivity index (χ3n) is 4.50. The molecule has 20 heavy (non-hydrogen) atoms. The van der Waals surface area contributed by atoms with Gasteiger partial charge in [-0.1, -0.05) is 24.3 Å². The van der Waals surface area contributed by atoms with E-state index in [4.69, 9.17) is 10.8 Å². The molecule has 0 radical (unpaired) electrons. The molecule has 1 unspecified atom stereocenters. The van der Waals surface area contributed by atoms with Gasteiger partial charge >= 0.3 is 0 Å². The predicted molar refractivity (Wildman–Crippen MR) is 78.5 cm³/mol. The zero-order valence-electron chi connectivity index (χ0n) is 11.4. The van der Waals surface area contributed by atoms with Crippen molar-refractivity contribution in [3.05, 3.63) is 52.5 Å². The number of benzene rings is 1. The zero-order valence-corrected chi connectivity index (χ0v) is 11.4. The highest BCUT2D eigenvalue weighted by molar-refractivity contribution is 5.50. The maximum atomic E-state index is 5.66. The first-order valence-corrected chi connectivity index (χ1v) is 7.31. The number of nitrogens with two attached hydrogens (primary N) is 1. The average Bonchev–Trinajstić information content (AvgIpc) is 2.47. The maximum Gasteiger partial charge on any atom is 0.147 e. The second-order valence-electron chi connectivity index (χ2n) is 5.66. The molecule has 2 aliphatic rings. The first kappa shape index (κ1) is 11.9. The highest BCUT2D eigenvalue weighted by Gasteiger charge is 2.31. The number of aryl methyl sites for hydroxylation is 1. The summed E-state index contributed by atoms with van der Waals surface area (Å²) < 4.78 is 0. The van der Waals surface area contributed by atoms with E-state index in [0.717, 1.165) is 30.9 Å². The lowest BCUT2D eigenvalue weighted by Gasteiger charge is -2.30. The van der Waals surface area contributed by atoms with Crippen molar-refractivity contribution in [2.24, 2.45) is 5.84 Å². The van der Waals surface area contributed by atoms with Crippen LogP contribution in [-0.2, 0) is 19.3 Å². The topological polar surface area (TPSA) is 63.8 Å². The van der Waals surface area contributed by atoms with Gasteiger partial charge in [-0.3, -0.25) is 0 Å². The SMILES string of the molecule is NNc1nc(C2Cc3ccccc32)nc2c1CCCC2. The van der Waals surface area contributed by atoms with Crippen molar-refractivity contribution < 1.29 is 0 Å². The molecule has 1 aromatic carbocycles. The highest BCUT2D eigenvalue weighted by atomic mass is 15.3. The molecule has 0 bridgehead atoms. The summed E-state index contributed by atoms with van der Waals surface area (Å²) in [5.74, 6) is 7.75. The summed E-state index contributed by atoms with van der Waals surface area (Å²) in [6.45, 7) is 0. The fraction of sp³-hybridized carbons (Fsp3) is 0.375. The van der Waals surface area contributed by atoms with Crippen LogP contribution < -0.4 is 11.3 Å². The molecule has 0 aliphatic heterocycles. The smallest absolute Gasteiger partial charge is 0.147 e. The Morgan fingerprint density at radius 1 is 1.10 bits per heavy atom. The molecular weight excluding hydrogens is 248 g/mol. The lowest BCUT2D eigenvalue weighted by atomic mass is 9.77. The van der Waals surface area contributed by atoms with Crippen LogP contribution in [-0.4, -0.2) is 9.97 Å². The number of anilines is 1. The van der Waals surface area contributed by atoms with Crippen molar-refractivity contribution in [2.75, 3.05) is 5.43 Å². The van der Waals surface area contributed by atoms with E-state index in [1.165, 1.54) is 35.2 Å². The van der Waals surface area contributed by atoms with Gasteiger partial charge in [0, 0.05) is 17.2 Å². The number of rotatable bonds is 2. The Morgan fingerprint density at radius 2 is 1.95 bits per heavy atom. The Balaban J connectivity index is 1.77. The Morgan fingerprint density at radius 3 is 2.80 bits per heavy atom. The maximum absolute atomic E-state index is 5.66. The summed E-state index contributed by atoms with van der Waals surface area (Å²) in [5.41, 5.74) is 7.97. The molecule has 0 fully saturated rings. The first-order valence-electron chi connectivity index (χ1n) is 7.31. The van der Waals surface area contributed by atoms with Crippen molar-refractivity contribution in [2.45, 2.75) is 38.0 Å². The Hall–Kier alpha value is -1.94. The fourth-order valence-corrected chi connectivity index (χ4v) is 3.38. The second-order valence-corrected chi connectivity index (χ2v) is 5.66. The van der Waals surface area contributed by atoms with Crippen molar-refractivity contribution in [3.8, 4) is 0 Å². The summed E-state index contributed by atoms with van der Waals surface area (Å²) in [7, 11) is 0. The third kappa shape index (κ3) is 1.72. The van der Waals surface area contributed by atoms with E-state index in [1.807, 2.05) is 0 Å². The molecule has 4 nitrogen and oxygen atoms in total. The summed E-state index contributed by atoms with van der Waals surface area (Å²) in [5, 5.41) is 0. The largest absolute Gasteiger partial charge is 0.308 e. The molecule has 1 aromatic heterocycles. The van der Waals surface area contributed by atoms with Gasteiger partial charge in [-0.25, -0.2) is 15.8 Å². The lowest BCUT2D eigenvalue weighted by Crippen LogP contribution is -2.24. The molecule has 0 amide bonds. The van der Waals surface area contributed by atoms with Crippen molar-refractivity contribution in [1.82, 2.24) is 9.97 Å². The minimum Gasteiger partial charge on any atom is -0.308 e. The molecule has 2 aliphatic carbocycles. The predicted octanol–water partition coefficient (Wildman–Crippen LogP) is 2.33. The van der Waals surface area contributed by atoms with Crippen LogP contribution >= 0.6 is 0 Å². The number of aromatic nitrogens is 2. The van der Waals surface area contributed by atoms with Gasteiger partial charge in [0.1, 0.15) is 11.6 Å². The van der Waals surface area contributed by atoms with Gasteiger partial charge in [-0.15, -0.1) is 0 Å². The van der Waals surface area contributed by atoms with E-state index in [-0.39, 0.29) is 0 Å². The Kier molecular flexibility index (Phi) is 2.70. The number of hydrogen-bond acceptors (Lipinski definition) is 4. The minimum absolute atomic E-state index is 0.338. The van der Waals surface area contributed by atoms with Gasteiger partial charge in [0.2, 0.25) is 0 Å². The van der Waals surface area contributed by atoms with Crippen LogP contribution in [0.1, 0.15) is 47.0 Å². The second kappa shape index (κ2) is 4.56. The molecule has 0 saturated carbocycles. The van der Waals surface area contributed by atoms with E-state index in [0.29, 0.717) is 5.92 Å². The van der Waals surface area contributed by atoms with Crippen LogP contribution in [0.2, 0.25) is 0 Å². The molecule has 102 valence electrons. The van der Waals surface area contributed by atoms with Gasteiger partial charge in [0.05, 0.1) is 0 Å². The van der Waals surface area contributed by atoms with Crippen LogP contribution in [0, 0.1) is 0 Å². The van der Waals surface area contributed by atoms with Crippen molar-refractivity contribution in [1.29, 1.82) is 0 Å². The van der Waals surface area contributed by atoms with Crippen LogP contribution in [0.15, 0.2) is 24.3 Å². The van der Waals surface area contributed by atoms with Crippen LogP contribution in [0.5, 0.6) is 0 Å².